The summed E-state index contributed by atoms with van der Waals surface area (Å²) in [6.45, 7) is 5.79. The number of phenols is 1. The van der Waals surface area contributed by atoms with Crippen LogP contribution in [0.4, 0.5) is 0 Å². The van der Waals surface area contributed by atoms with Gasteiger partial charge in [-0.15, -0.1) is 0 Å². The predicted octanol–water partition coefficient (Wildman–Crippen LogP) is 1.51. The van der Waals surface area contributed by atoms with Gasteiger partial charge in [-0.2, -0.15) is 0 Å². The minimum absolute atomic E-state index is 0.131. The van der Waals surface area contributed by atoms with E-state index in [1.165, 1.54) is 7.11 Å². The second-order valence-electron chi connectivity index (χ2n) is 5.05. The van der Waals surface area contributed by atoms with Crippen molar-refractivity contribution in [3.63, 3.8) is 0 Å². The molecule has 0 heterocycles. The molecule has 0 aliphatic heterocycles. The van der Waals surface area contributed by atoms with Crippen LogP contribution in [0.1, 0.15) is 18.9 Å². The molecule has 0 fully saturated rings. The van der Waals surface area contributed by atoms with Crippen LogP contribution in [0.25, 0.3) is 0 Å². The van der Waals surface area contributed by atoms with Gasteiger partial charge in [-0.3, -0.25) is 0 Å². The molecule has 0 amide bonds. The number of rotatable bonds is 11. The van der Waals surface area contributed by atoms with Gasteiger partial charge < -0.3 is 30.0 Å². The van der Waals surface area contributed by atoms with Gasteiger partial charge in [-0.05, 0) is 19.4 Å². The monoisotopic (exact) mass is 339 g/mol. The van der Waals surface area contributed by atoms with Gasteiger partial charge in [0.25, 0.3) is 0 Å². The van der Waals surface area contributed by atoms with E-state index in [2.05, 4.69) is 15.6 Å². The van der Waals surface area contributed by atoms with Crippen LogP contribution in [0.3, 0.4) is 0 Å². The molecule has 0 unspecified atom stereocenters. The molecule has 0 spiro atoms. The van der Waals surface area contributed by atoms with Crippen LogP contribution in [-0.2, 0) is 16.0 Å². The average Bonchev–Trinajstić information content (AvgIpc) is 2.59. The fraction of sp³-hybridized carbons (Fsp3) is 0.588. The average molecular weight is 339 g/mol. The fourth-order valence-corrected chi connectivity index (χ4v) is 1.99. The Morgan fingerprint density at radius 2 is 2.00 bits per heavy atom. The molecular weight excluding hydrogens is 310 g/mol. The Hall–Kier alpha value is -1.99. The molecule has 0 bridgehead atoms. The van der Waals surface area contributed by atoms with Gasteiger partial charge in [0.1, 0.15) is 0 Å². The minimum Gasteiger partial charge on any atom is -0.504 e. The van der Waals surface area contributed by atoms with Crippen molar-refractivity contribution in [2.24, 2.45) is 4.99 Å². The number of hydrogen-bond donors (Lipinski definition) is 3. The predicted molar refractivity (Wildman–Crippen MR) is 94.8 cm³/mol. The number of nitrogens with zero attached hydrogens (tertiary/aromatic N) is 1. The SMILES string of the molecule is CCNC(=NCc1cccc(OC)c1O)NCCCOCCOC. The highest BCUT2D eigenvalue weighted by Gasteiger charge is 2.07. The van der Waals surface area contributed by atoms with Gasteiger partial charge in [-0.1, -0.05) is 12.1 Å². The lowest BCUT2D eigenvalue weighted by Gasteiger charge is -2.12. The molecule has 0 saturated carbocycles. The van der Waals surface area contributed by atoms with E-state index in [1.807, 2.05) is 19.1 Å². The van der Waals surface area contributed by atoms with Crippen molar-refractivity contribution in [3.05, 3.63) is 23.8 Å². The zero-order valence-electron chi connectivity index (χ0n) is 14.8. The first-order valence-electron chi connectivity index (χ1n) is 8.16. The van der Waals surface area contributed by atoms with Crippen molar-refractivity contribution in [1.29, 1.82) is 0 Å². The van der Waals surface area contributed by atoms with Crippen LogP contribution < -0.4 is 15.4 Å². The van der Waals surface area contributed by atoms with Gasteiger partial charge in [-0.25, -0.2) is 4.99 Å². The summed E-state index contributed by atoms with van der Waals surface area (Å²) in [7, 11) is 3.19. The van der Waals surface area contributed by atoms with E-state index in [0.717, 1.165) is 25.1 Å². The summed E-state index contributed by atoms with van der Waals surface area (Å²) in [5.41, 5.74) is 0.717. The molecule has 24 heavy (non-hydrogen) atoms. The maximum atomic E-state index is 10.1. The van der Waals surface area contributed by atoms with Crippen LogP contribution >= 0.6 is 0 Å². The molecule has 0 radical (unpaired) electrons. The van der Waals surface area contributed by atoms with Gasteiger partial charge in [0.05, 0.1) is 26.9 Å². The molecule has 136 valence electrons. The molecule has 7 nitrogen and oxygen atoms in total. The minimum atomic E-state index is 0.131. The molecular formula is C17H29N3O4. The Bertz CT molecular complexity index is 495. The summed E-state index contributed by atoms with van der Waals surface area (Å²) in [6, 6.07) is 5.38. The molecule has 3 N–H and O–H groups in total. The van der Waals surface area contributed by atoms with Gasteiger partial charge in [0, 0.05) is 32.4 Å². The number of hydrogen-bond acceptors (Lipinski definition) is 5. The lowest BCUT2D eigenvalue weighted by Crippen LogP contribution is -2.38. The maximum Gasteiger partial charge on any atom is 0.191 e. The molecule has 0 atom stereocenters. The summed E-state index contributed by atoms with van der Waals surface area (Å²) < 4.78 is 15.4. The smallest absolute Gasteiger partial charge is 0.191 e. The molecule has 0 saturated heterocycles. The Morgan fingerprint density at radius 1 is 1.17 bits per heavy atom. The van der Waals surface area contributed by atoms with E-state index < -0.39 is 0 Å². The first-order chi connectivity index (χ1) is 11.7. The fourth-order valence-electron chi connectivity index (χ4n) is 1.99. The quantitative estimate of drug-likeness (QED) is 0.322. The number of methoxy groups -OCH3 is 2. The highest BCUT2D eigenvalue weighted by molar-refractivity contribution is 5.79. The molecule has 1 aromatic rings. The lowest BCUT2D eigenvalue weighted by molar-refractivity contribution is 0.0698. The number of guanidine groups is 1. The summed E-state index contributed by atoms with van der Waals surface area (Å²) in [5, 5.41) is 16.5. The van der Waals surface area contributed by atoms with Crippen molar-refractivity contribution in [2.75, 3.05) is 47.1 Å². The standard InChI is InChI=1S/C17H29N3O4/c1-4-18-17(19-9-6-10-24-12-11-22-2)20-13-14-7-5-8-15(23-3)16(14)21/h5,7-8,21H,4,6,9-13H2,1-3H3,(H2,18,19,20). The van der Waals surface area contributed by atoms with Crippen molar-refractivity contribution >= 4 is 5.96 Å². The zero-order chi connectivity index (χ0) is 17.6. The molecule has 1 aromatic carbocycles. The number of nitrogens with one attached hydrogen (secondary N) is 2. The second-order valence-corrected chi connectivity index (χ2v) is 5.05. The Labute approximate surface area is 144 Å². The van der Waals surface area contributed by atoms with Crippen molar-refractivity contribution in [3.8, 4) is 11.5 Å². The number of phenolic OH excluding ortho intramolecular Hbond substituents is 1. The van der Waals surface area contributed by atoms with Crippen LogP contribution in [0.15, 0.2) is 23.2 Å². The summed E-state index contributed by atoms with van der Waals surface area (Å²) in [4.78, 5) is 4.49. The first kappa shape index (κ1) is 20.1. The largest absolute Gasteiger partial charge is 0.504 e. The lowest BCUT2D eigenvalue weighted by atomic mass is 10.2. The van der Waals surface area contributed by atoms with Crippen molar-refractivity contribution < 1.29 is 19.3 Å². The maximum absolute atomic E-state index is 10.1. The number of ether oxygens (including phenoxy) is 3. The highest BCUT2D eigenvalue weighted by atomic mass is 16.5. The van der Waals surface area contributed by atoms with Crippen LogP contribution in [0.2, 0.25) is 0 Å². The molecule has 7 heteroatoms. The number of aromatic hydroxyl groups is 1. The number of aliphatic imine (C=N–C) groups is 1. The van der Waals surface area contributed by atoms with Crippen molar-refractivity contribution in [2.45, 2.75) is 19.9 Å². The van der Waals surface area contributed by atoms with E-state index >= 15 is 0 Å². The van der Waals surface area contributed by atoms with E-state index in [9.17, 15) is 5.11 Å². The van der Waals surface area contributed by atoms with Gasteiger partial charge in [0.15, 0.2) is 17.5 Å². The second kappa shape index (κ2) is 12.4. The topological polar surface area (TPSA) is 84.3 Å². The van der Waals surface area contributed by atoms with E-state index in [0.29, 0.717) is 38.1 Å². The van der Waals surface area contributed by atoms with E-state index in [1.54, 1.807) is 13.2 Å². The van der Waals surface area contributed by atoms with Gasteiger partial charge >= 0.3 is 0 Å². The Kier molecular flexibility index (Phi) is 10.4. The third kappa shape index (κ3) is 7.52. The highest BCUT2D eigenvalue weighted by Crippen LogP contribution is 2.29. The summed E-state index contributed by atoms with van der Waals surface area (Å²) in [5.74, 6) is 1.29. The molecule has 0 aliphatic rings. The molecule has 0 aliphatic carbocycles. The summed E-state index contributed by atoms with van der Waals surface area (Å²) in [6.07, 6.45) is 0.874. The van der Waals surface area contributed by atoms with Crippen LogP contribution in [-0.4, -0.2) is 58.2 Å². The third-order valence-electron chi connectivity index (χ3n) is 3.24. The van der Waals surface area contributed by atoms with Crippen LogP contribution in [0, 0.1) is 0 Å². The normalized spacial score (nSPS) is 11.4. The Morgan fingerprint density at radius 3 is 2.71 bits per heavy atom. The van der Waals surface area contributed by atoms with Crippen molar-refractivity contribution in [1.82, 2.24) is 10.6 Å². The van der Waals surface area contributed by atoms with E-state index in [-0.39, 0.29) is 5.75 Å². The zero-order valence-corrected chi connectivity index (χ0v) is 14.8. The first-order valence-corrected chi connectivity index (χ1v) is 8.16. The summed E-state index contributed by atoms with van der Waals surface area (Å²) >= 11 is 0. The third-order valence-corrected chi connectivity index (χ3v) is 3.24. The van der Waals surface area contributed by atoms with Crippen LogP contribution in [0.5, 0.6) is 11.5 Å². The number of para-hydroxylation sites is 1. The Balaban J connectivity index is 2.45. The van der Waals surface area contributed by atoms with E-state index in [4.69, 9.17) is 14.2 Å². The molecule has 1 rings (SSSR count). The number of benzene rings is 1. The van der Waals surface area contributed by atoms with Gasteiger partial charge in [0.2, 0.25) is 0 Å². The molecule has 0 aromatic heterocycles.